The van der Waals surface area contributed by atoms with Gasteiger partial charge in [0, 0.05) is 33.9 Å². The standard InChI is InChI=1S/C21H15ClFN3OS/c1-27-20-11-2-14(12-24-20)21-19(28-18-9-3-15(22)4-10-18)13-26(25-21)17-7-5-16(23)6-8-17/h2-13H,1H3. The summed E-state index contributed by atoms with van der Waals surface area (Å²) >= 11 is 7.56. The molecule has 140 valence electrons. The Hall–Kier alpha value is -2.83. The van der Waals surface area contributed by atoms with Crippen molar-refractivity contribution in [2.75, 3.05) is 7.11 Å². The zero-order valence-corrected chi connectivity index (χ0v) is 16.4. The van der Waals surface area contributed by atoms with Gasteiger partial charge >= 0.3 is 0 Å². The predicted molar refractivity (Wildman–Crippen MR) is 109 cm³/mol. The lowest BCUT2D eigenvalue weighted by molar-refractivity contribution is 0.398. The van der Waals surface area contributed by atoms with Crippen LogP contribution in [-0.2, 0) is 0 Å². The maximum absolute atomic E-state index is 13.3. The summed E-state index contributed by atoms with van der Waals surface area (Å²) in [6, 6.07) is 17.5. The summed E-state index contributed by atoms with van der Waals surface area (Å²) in [5.41, 5.74) is 2.41. The number of benzene rings is 2. The molecule has 0 radical (unpaired) electrons. The Kier molecular flexibility index (Phi) is 5.32. The van der Waals surface area contributed by atoms with Crippen LogP contribution in [0.2, 0.25) is 5.02 Å². The molecule has 0 atom stereocenters. The highest BCUT2D eigenvalue weighted by Crippen LogP contribution is 2.36. The van der Waals surface area contributed by atoms with Gasteiger partial charge in [0.05, 0.1) is 17.7 Å². The molecule has 2 heterocycles. The van der Waals surface area contributed by atoms with Crippen LogP contribution >= 0.6 is 23.4 Å². The molecule has 4 aromatic rings. The smallest absolute Gasteiger partial charge is 0.212 e. The fraction of sp³-hybridized carbons (Fsp3) is 0.0476. The number of pyridine rings is 1. The summed E-state index contributed by atoms with van der Waals surface area (Å²) in [7, 11) is 1.58. The maximum Gasteiger partial charge on any atom is 0.212 e. The predicted octanol–water partition coefficient (Wildman–Crippen LogP) is 5.89. The van der Waals surface area contributed by atoms with Gasteiger partial charge in [0.2, 0.25) is 5.88 Å². The minimum atomic E-state index is -0.286. The van der Waals surface area contributed by atoms with E-state index in [4.69, 9.17) is 21.4 Å². The molecule has 7 heteroatoms. The Morgan fingerprint density at radius 2 is 1.75 bits per heavy atom. The molecule has 28 heavy (non-hydrogen) atoms. The van der Waals surface area contributed by atoms with Gasteiger partial charge < -0.3 is 4.74 Å². The first kappa shape index (κ1) is 18.5. The average Bonchev–Trinajstić information content (AvgIpc) is 3.14. The third kappa shape index (κ3) is 4.03. The topological polar surface area (TPSA) is 39.9 Å². The third-order valence-electron chi connectivity index (χ3n) is 4.03. The molecule has 4 nitrogen and oxygen atoms in total. The lowest BCUT2D eigenvalue weighted by Gasteiger charge is -2.04. The summed E-state index contributed by atoms with van der Waals surface area (Å²) in [4.78, 5) is 6.26. The third-order valence-corrected chi connectivity index (χ3v) is 5.31. The van der Waals surface area contributed by atoms with Gasteiger partial charge in [0.25, 0.3) is 0 Å². The summed E-state index contributed by atoms with van der Waals surface area (Å²) in [6.07, 6.45) is 3.65. The van der Waals surface area contributed by atoms with E-state index in [0.717, 1.165) is 26.7 Å². The van der Waals surface area contributed by atoms with Crippen molar-refractivity contribution in [2.45, 2.75) is 9.79 Å². The van der Waals surface area contributed by atoms with Crippen LogP contribution in [0.4, 0.5) is 4.39 Å². The van der Waals surface area contributed by atoms with Crippen LogP contribution in [0.15, 0.2) is 82.8 Å². The van der Waals surface area contributed by atoms with E-state index in [1.807, 2.05) is 36.5 Å². The fourth-order valence-electron chi connectivity index (χ4n) is 2.63. The largest absolute Gasteiger partial charge is 0.481 e. The van der Waals surface area contributed by atoms with E-state index in [2.05, 4.69) is 4.98 Å². The molecule has 0 saturated heterocycles. The maximum atomic E-state index is 13.3. The highest BCUT2D eigenvalue weighted by molar-refractivity contribution is 7.99. The van der Waals surface area contributed by atoms with Crippen molar-refractivity contribution >= 4 is 23.4 Å². The first-order valence-corrected chi connectivity index (χ1v) is 9.61. The minimum absolute atomic E-state index is 0.286. The van der Waals surface area contributed by atoms with Crippen LogP contribution in [0.5, 0.6) is 5.88 Å². The van der Waals surface area contributed by atoms with E-state index in [1.54, 1.807) is 47.9 Å². The van der Waals surface area contributed by atoms with Crippen molar-refractivity contribution in [3.05, 3.63) is 83.9 Å². The van der Waals surface area contributed by atoms with E-state index in [9.17, 15) is 4.39 Å². The van der Waals surface area contributed by atoms with Gasteiger partial charge in [-0.1, -0.05) is 23.4 Å². The molecule has 0 aliphatic heterocycles. The molecule has 2 aromatic heterocycles. The highest BCUT2D eigenvalue weighted by atomic mass is 35.5. The Morgan fingerprint density at radius 1 is 1.00 bits per heavy atom. The molecule has 0 aliphatic rings. The molecule has 4 rings (SSSR count). The van der Waals surface area contributed by atoms with Crippen molar-refractivity contribution in [1.82, 2.24) is 14.8 Å². The number of rotatable bonds is 5. The summed E-state index contributed by atoms with van der Waals surface area (Å²) in [5.74, 6) is 0.250. The lowest BCUT2D eigenvalue weighted by atomic mass is 10.2. The van der Waals surface area contributed by atoms with Crippen LogP contribution in [0, 0.1) is 5.82 Å². The molecule has 0 bridgehead atoms. The Bertz CT molecular complexity index is 1080. The van der Waals surface area contributed by atoms with Gasteiger partial charge in [0.15, 0.2) is 0 Å². The second-order valence-electron chi connectivity index (χ2n) is 5.91. The Morgan fingerprint density at radius 3 is 2.39 bits per heavy atom. The van der Waals surface area contributed by atoms with Crippen LogP contribution in [0.3, 0.4) is 0 Å². The monoisotopic (exact) mass is 411 g/mol. The normalized spacial score (nSPS) is 10.8. The van der Waals surface area contributed by atoms with Crippen LogP contribution < -0.4 is 4.74 Å². The number of aromatic nitrogens is 3. The van der Waals surface area contributed by atoms with Crippen molar-refractivity contribution in [2.24, 2.45) is 0 Å². The van der Waals surface area contributed by atoms with Crippen molar-refractivity contribution in [1.29, 1.82) is 0 Å². The average molecular weight is 412 g/mol. The van der Waals surface area contributed by atoms with E-state index in [-0.39, 0.29) is 5.82 Å². The number of ether oxygens (including phenoxy) is 1. The molecule has 0 fully saturated rings. The molecule has 0 unspecified atom stereocenters. The minimum Gasteiger partial charge on any atom is -0.481 e. The van der Waals surface area contributed by atoms with Crippen molar-refractivity contribution in [3.8, 4) is 22.8 Å². The summed E-state index contributed by atoms with van der Waals surface area (Å²) < 4.78 is 20.1. The van der Waals surface area contributed by atoms with E-state index in [1.165, 1.54) is 12.1 Å². The summed E-state index contributed by atoms with van der Waals surface area (Å²) in [5, 5.41) is 5.40. The molecule has 0 aliphatic carbocycles. The SMILES string of the molecule is COc1ccc(-c2nn(-c3ccc(F)cc3)cc2Sc2ccc(Cl)cc2)cn1. The van der Waals surface area contributed by atoms with Gasteiger partial charge in [-0.15, -0.1) is 0 Å². The zero-order chi connectivity index (χ0) is 19.5. The number of hydrogen-bond donors (Lipinski definition) is 0. The molecular formula is C21H15ClFN3OS. The van der Waals surface area contributed by atoms with E-state index < -0.39 is 0 Å². The van der Waals surface area contributed by atoms with Gasteiger partial charge in [-0.3, -0.25) is 0 Å². The van der Waals surface area contributed by atoms with E-state index >= 15 is 0 Å². The van der Waals surface area contributed by atoms with Crippen molar-refractivity contribution in [3.63, 3.8) is 0 Å². The zero-order valence-electron chi connectivity index (χ0n) is 14.8. The fourth-order valence-corrected chi connectivity index (χ4v) is 3.69. The molecule has 0 N–H and O–H groups in total. The first-order valence-electron chi connectivity index (χ1n) is 8.42. The number of halogens is 2. The highest BCUT2D eigenvalue weighted by Gasteiger charge is 2.14. The molecule has 0 amide bonds. The Labute approximate surface area is 170 Å². The van der Waals surface area contributed by atoms with Gasteiger partial charge in [0.1, 0.15) is 11.5 Å². The second kappa shape index (κ2) is 8.04. The van der Waals surface area contributed by atoms with E-state index in [0.29, 0.717) is 10.9 Å². The van der Waals surface area contributed by atoms with Crippen molar-refractivity contribution < 1.29 is 9.13 Å². The van der Waals surface area contributed by atoms with Gasteiger partial charge in [-0.05, 0) is 54.6 Å². The molecule has 0 spiro atoms. The summed E-state index contributed by atoms with van der Waals surface area (Å²) in [6.45, 7) is 0. The van der Waals surface area contributed by atoms with Crippen LogP contribution in [-0.4, -0.2) is 21.9 Å². The number of methoxy groups -OCH3 is 1. The van der Waals surface area contributed by atoms with Gasteiger partial charge in [-0.25, -0.2) is 14.1 Å². The number of hydrogen-bond acceptors (Lipinski definition) is 4. The quantitative estimate of drug-likeness (QED) is 0.410. The van der Waals surface area contributed by atoms with Gasteiger partial charge in [-0.2, -0.15) is 5.10 Å². The van der Waals surface area contributed by atoms with Crippen LogP contribution in [0.1, 0.15) is 0 Å². The molecule has 2 aromatic carbocycles. The Balaban J connectivity index is 1.76. The second-order valence-corrected chi connectivity index (χ2v) is 7.46. The molecular weight excluding hydrogens is 397 g/mol. The first-order chi connectivity index (χ1) is 13.6. The molecule has 0 saturated carbocycles. The van der Waals surface area contributed by atoms with Crippen LogP contribution in [0.25, 0.3) is 16.9 Å². The number of nitrogens with zero attached hydrogens (tertiary/aromatic N) is 3. The lowest BCUT2D eigenvalue weighted by Crippen LogP contribution is -1.95.